The van der Waals surface area contributed by atoms with Crippen molar-refractivity contribution in [1.29, 1.82) is 0 Å². The van der Waals surface area contributed by atoms with E-state index in [-0.39, 0.29) is 65.3 Å². The third-order valence-corrected chi connectivity index (χ3v) is 0.607. The molecule has 0 bridgehead atoms. The average molecular weight is 502 g/mol. The third kappa shape index (κ3) is 31.5. The summed E-state index contributed by atoms with van der Waals surface area (Å²) in [6, 6.07) is 12.5. The Morgan fingerprint density at radius 2 is 1.15 bits per heavy atom. The van der Waals surface area contributed by atoms with Gasteiger partial charge in [0.05, 0.1) is 0 Å². The molecule has 0 heterocycles. The Morgan fingerprint density at radius 3 is 1.23 bits per heavy atom. The topological polar surface area (TPSA) is 0 Å². The van der Waals surface area contributed by atoms with Gasteiger partial charge in [0.2, 0.25) is 0 Å². The van der Waals surface area contributed by atoms with E-state index in [2.05, 4.69) is 6.07 Å². The second-order valence-corrected chi connectivity index (χ2v) is 3.30. The van der Waals surface area contributed by atoms with Crippen LogP contribution in [-0.4, -0.2) is 4.30 Å². The molecule has 0 nitrogen and oxygen atoms in total. The Labute approximate surface area is 139 Å². The van der Waals surface area contributed by atoms with E-state index in [1.54, 1.807) is 0 Å². The van der Waals surface area contributed by atoms with Gasteiger partial charge in [0.25, 0.3) is 0 Å². The van der Waals surface area contributed by atoms with Gasteiger partial charge in [-0.3, -0.25) is 0 Å². The minimum Gasteiger partial charge on any atom is -1.00 e. The number of halogens is 5. The molecule has 1 radical (unpaired) electrons. The van der Waals surface area contributed by atoms with Gasteiger partial charge in [-0.25, -0.2) is 0 Å². The van der Waals surface area contributed by atoms with Gasteiger partial charge in [-0.05, 0) is 0 Å². The molecule has 0 fully saturated rings. The van der Waals surface area contributed by atoms with Crippen molar-refractivity contribution in [3.05, 3.63) is 36.4 Å². The number of hydrogen-bond acceptors (Lipinski definition) is 0. The van der Waals surface area contributed by atoms with Crippen LogP contribution in [0.2, 0.25) is 0 Å². The van der Waals surface area contributed by atoms with Crippen molar-refractivity contribution < 1.29 is 65.3 Å². The van der Waals surface area contributed by atoms with Crippen LogP contribution in [0.15, 0.2) is 30.3 Å². The van der Waals surface area contributed by atoms with Crippen molar-refractivity contribution in [1.82, 2.24) is 0 Å². The standard InChI is InChI=1S/C6H5.CHCl3.Cr.2HI/c1-2-4-6-5-3-1;2-1(3)4;;;/h1-5H;1H;;2*1H/q-1;;+3;;/p-2. The first-order valence-electron chi connectivity index (χ1n) is 2.57. The summed E-state index contributed by atoms with van der Waals surface area (Å²) >= 11 is 14.4. The molecular formula is C7H6Cl3CrI2. The van der Waals surface area contributed by atoms with Crippen molar-refractivity contribution in [2.24, 2.45) is 0 Å². The van der Waals surface area contributed by atoms with Crippen molar-refractivity contribution in [3.8, 4) is 0 Å². The fourth-order valence-corrected chi connectivity index (χ4v) is 0.342. The summed E-state index contributed by atoms with van der Waals surface area (Å²) in [5.41, 5.74) is 0. The molecule has 0 saturated heterocycles. The Kier molecular flexibility index (Phi) is 36.8. The van der Waals surface area contributed by atoms with Gasteiger partial charge >= 0.3 is 17.4 Å². The van der Waals surface area contributed by atoms with E-state index < -0.39 is 4.30 Å². The van der Waals surface area contributed by atoms with Gasteiger partial charge in [0.15, 0.2) is 4.30 Å². The summed E-state index contributed by atoms with van der Waals surface area (Å²) in [4.78, 5) is 0. The summed E-state index contributed by atoms with van der Waals surface area (Å²) in [5.74, 6) is 0. The van der Waals surface area contributed by atoms with Crippen molar-refractivity contribution in [3.63, 3.8) is 0 Å². The zero-order valence-electron chi connectivity index (χ0n) is 6.26. The molecule has 0 unspecified atom stereocenters. The van der Waals surface area contributed by atoms with Gasteiger partial charge < -0.3 is 48.0 Å². The fourth-order valence-electron chi connectivity index (χ4n) is 0.342. The van der Waals surface area contributed by atoms with Crippen LogP contribution < -0.4 is 48.0 Å². The smallest absolute Gasteiger partial charge is 1.00 e. The van der Waals surface area contributed by atoms with Crippen LogP contribution in [0.1, 0.15) is 0 Å². The van der Waals surface area contributed by atoms with Crippen LogP contribution in [-0.2, 0) is 17.4 Å². The number of benzene rings is 1. The molecule has 0 aliphatic heterocycles. The van der Waals surface area contributed by atoms with Crippen LogP contribution in [0.25, 0.3) is 0 Å². The molecule has 0 atom stereocenters. The van der Waals surface area contributed by atoms with E-state index in [9.17, 15) is 0 Å². The van der Waals surface area contributed by atoms with Gasteiger partial charge in [-0.2, -0.15) is 36.4 Å². The maximum absolute atomic E-state index is 4.81. The Balaban J connectivity index is -0.0000000536. The minimum absolute atomic E-state index is 0. The Morgan fingerprint density at radius 1 is 0.846 bits per heavy atom. The quantitative estimate of drug-likeness (QED) is 0.209. The van der Waals surface area contributed by atoms with Crippen molar-refractivity contribution in [2.45, 2.75) is 4.30 Å². The monoisotopic (exact) mass is 501 g/mol. The zero-order chi connectivity index (χ0) is 7.82. The zero-order valence-corrected chi connectivity index (χ0v) is 14.1. The van der Waals surface area contributed by atoms with E-state index in [1.807, 2.05) is 30.3 Å². The third-order valence-electron chi connectivity index (χ3n) is 0.607. The molecule has 1 aromatic rings. The maximum atomic E-state index is 4.81. The van der Waals surface area contributed by atoms with Gasteiger partial charge in [0.1, 0.15) is 0 Å². The van der Waals surface area contributed by atoms with E-state index >= 15 is 0 Å². The van der Waals surface area contributed by atoms with E-state index in [1.165, 1.54) is 0 Å². The van der Waals surface area contributed by atoms with E-state index in [4.69, 9.17) is 34.8 Å². The number of hydrogen-bond donors (Lipinski definition) is 0. The van der Waals surface area contributed by atoms with Crippen LogP contribution >= 0.6 is 34.8 Å². The molecule has 0 aliphatic rings. The maximum Gasteiger partial charge on any atom is 3.00 e. The summed E-state index contributed by atoms with van der Waals surface area (Å²) in [5, 5.41) is 0. The summed E-state index contributed by atoms with van der Waals surface area (Å²) < 4.78 is -0.750. The molecule has 1 rings (SSSR count). The first kappa shape index (κ1) is 24.4. The van der Waals surface area contributed by atoms with Gasteiger partial charge in [0, 0.05) is 0 Å². The largest absolute Gasteiger partial charge is 3.00 e. The van der Waals surface area contributed by atoms with Crippen LogP contribution in [0.3, 0.4) is 0 Å². The Bertz CT molecular complexity index is 122. The molecule has 0 N–H and O–H groups in total. The summed E-state index contributed by atoms with van der Waals surface area (Å²) in [7, 11) is 0. The van der Waals surface area contributed by atoms with Crippen molar-refractivity contribution >= 4 is 34.8 Å². The first-order valence-corrected chi connectivity index (χ1v) is 3.87. The van der Waals surface area contributed by atoms with E-state index in [0.29, 0.717) is 0 Å². The normalized spacial score (nSPS) is 6.46. The molecule has 13 heavy (non-hydrogen) atoms. The SMILES string of the molecule is ClC(Cl)Cl.[Cr+3].[I-].[I-].[c-]1ccccc1. The summed E-state index contributed by atoms with van der Waals surface area (Å²) in [6.07, 6.45) is 0. The van der Waals surface area contributed by atoms with Crippen LogP contribution in [0.5, 0.6) is 0 Å². The molecule has 0 spiro atoms. The molecule has 0 saturated carbocycles. The molecule has 0 amide bonds. The molecule has 0 aliphatic carbocycles. The predicted octanol–water partition coefficient (Wildman–Crippen LogP) is -2.52. The Hall–Kier alpha value is 2.08. The molecule has 75 valence electrons. The molecule has 1 aromatic carbocycles. The second-order valence-electron chi connectivity index (χ2n) is 1.32. The van der Waals surface area contributed by atoms with Gasteiger partial charge in [-0.15, -0.1) is 0 Å². The predicted molar refractivity (Wildman–Crippen MR) is 46.6 cm³/mol. The molecule has 6 heteroatoms. The summed E-state index contributed by atoms with van der Waals surface area (Å²) in [6.45, 7) is 0. The van der Waals surface area contributed by atoms with E-state index in [0.717, 1.165) is 0 Å². The van der Waals surface area contributed by atoms with Crippen molar-refractivity contribution in [2.75, 3.05) is 0 Å². The number of rotatable bonds is 0. The fraction of sp³-hybridized carbons (Fsp3) is 0.143. The minimum atomic E-state index is -0.750. The number of alkyl halides is 3. The first-order chi connectivity index (χ1) is 4.73. The van der Waals surface area contributed by atoms with Crippen LogP contribution in [0.4, 0.5) is 0 Å². The van der Waals surface area contributed by atoms with Gasteiger partial charge in [-0.1, -0.05) is 34.8 Å². The van der Waals surface area contributed by atoms with Crippen LogP contribution in [0, 0.1) is 6.07 Å². The average Bonchev–Trinajstić information content (AvgIpc) is 1.90. The second kappa shape index (κ2) is 19.6. The molecule has 0 aromatic heterocycles. The molecular weight excluding hydrogens is 496 g/mol.